The van der Waals surface area contributed by atoms with Crippen LogP contribution in [0.4, 0.5) is 0 Å². The van der Waals surface area contributed by atoms with E-state index in [1.165, 1.54) is 0 Å². The van der Waals surface area contributed by atoms with Crippen molar-refractivity contribution in [2.24, 2.45) is 11.5 Å². The van der Waals surface area contributed by atoms with Crippen LogP contribution in [0.1, 0.15) is 6.42 Å². The number of amides is 1. The summed E-state index contributed by atoms with van der Waals surface area (Å²) in [6.45, 7) is 0. The van der Waals surface area contributed by atoms with Crippen LogP contribution in [0.15, 0.2) is 0 Å². The summed E-state index contributed by atoms with van der Waals surface area (Å²) >= 11 is 2.94. The third-order valence-electron chi connectivity index (χ3n) is 1.07. The highest BCUT2D eigenvalue weighted by Gasteiger charge is 2.22. The maximum atomic E-state index is 10.3. The Bertz CT molecular complexity index is 173. The van der Waals surface area contributed by atoms with Crippen molar-refractivity contribution in [1.82, 2.24) is 0 Å². The maximum Gasteiger partial charge on any atom is 0.321 e. The Morgan fingerprint density at radius 2 is 2.00 bits per heavy atom. The van der Waals surface area contributed by atoms with Crippen molar-refractivity contribution in [3.8, 4) is 0 Å². The molecule has 0 bridgehead atoms. The summed E-state index contributed by atoms with van der Waals surface area (Å²) in [6.07, 6.45) is -0.0759. The summed E-state index contributed by atoms with van der Waals surface area (Å²) in [5.41, 5.74) is 9.97. The molecule has 0 radical (unpaired) electrons. The van der Waals surface area contributed by atoms with Gasteiger partial charge < -0.3 is 16.6 Å². The third kappa shape index (κ3) is 3.94. The van der Waals surface area contributed by atoms with Gasteiger partial charge in [0.05, 0.1) is 0 Å². The van der Waals surface area contributed by atoms with Gasteiger partial charge in [-0.1, -0.05) is 15.9 Å². The Kier molecular flexibility index (Phi) is 4.06. The van der Waals surface area contributed by atoms with E-state index in [-0.39, 0.29) is 6.42 Å². The summed E-state index contributed by atoms with van der Waals surface area (Å²) in [5, 5.41) is 8.36. The summed E-state index contributed by atoms with van der Waals surface area (Å²) in [5.74, 6) is -1.74. The number of primary amides is 1. The van der Waals surface area contributed by atoms with Crippen molar-refractivity contribution in [3.63, 3.8) is 0 Å². The van der Waals surface area contributed by atoms with Crippen LogP contribution in [0.25, 0.3) is 0 Å². The van der Waals surface area contributed by atoms with Crippen molar-refractivity contribution < 1.29 is 14.7 Å². The molecule has 0 aliphatic rings. The topological polar surface area (TPSA) is 106 Å². The van der Waals surface area contributed by atoms with Crippen molar-refractivity contribution in [2.45, 2.75) is 17.3 Å². The summed E-state index contributed by atoms with van der Waals surface area (Å²) in [6, 6.07) is -1.09. The first-order chi connectivity index (χ1) is 4.95. The minimum atomic E-state index is -1.16. The fraction of sp³-hybridized carbons (Fsp3) is 0.600. The minimum absolute atomic E-state index is 0.0759. The number of rotatable bonds is 4. The van der Waals surface area contributed by atoms with Gasteiger partial charge in [-0.3, -0.25) is 9.59 Å². The molecule has 64 valence electrons. The van der Waals surface area contributed by atoms with E-state index >= 15 is 0 Å². The third-order valence-corrected chi connectivity index (χ3v) is 1.96. The average molecular weight is 225 g/mol. The molecule has 0 aromatic carbocycles. The van der Waals surface area contributed by atoms with Crippen LogP contribution >= 0.6 is 15.9 Å². The van der Waals surface area contributed by atoms with Gasteiger partial charge in [0.1, 0.15) is 6.04 Å². The van der Waals surface area contributed by atoms with E-state index in [9.17, 15) is 9.59 Å². The highest BCUT2D eigenvalue weighted by Crippen LogP contribution is 2.08. The van der Waals surface area contributed by atoms with Crippen LogP contribution in [0.3, 0.4) is 0 Å². The largest absolute Gasteiger partial charge is 0.480 e. The van der Waals surface area contributed by atoms with Gasteiger partial charge in [0.25, 0.3) is 0 Å². The second-order valence-electron chi connectivity index (χ2n) is 2.05. The molecule has 0 spiro atoms. The Morgan fingerprint density at radius 3 is 2.27 bits per heavy atom. The number of nitrogens with two attached hydrogens (primary N) is 2. The molecule has 6 heteroatoms. The van der Waals surface area contributed by atoms with Gasteiger partial charge in [0, 0.05) is 11.2 Å². The van der Waals surface area contributed by atoms with Gasteiger partial charge in [0.15, 0.2) is 0 Å². The van der Waals surface area contributed by atoms with E-state index in [0.29, 0.717) is 0 Å². The van der Waals surface area contributed by atoms with E-state index < -0.39 is 22.7 Å². The molecule has 0 aromatic rings. The molecule has 2 unspecified atom stereocenters. The highest BCUT2D eigenvalue weighted by molar-refractivity contribution is 9.09. The van der Waals surface area contributed by atoms with Crippen molar-refractivity contribution in [1.29, 1.82) is 0 Å². The SMILES string of the molecule is NC(=O)CC(Br)C(N)C(=O)O. The predicted octanol–water partition coefficient (Wildman–Crippen LogP) is -0.963. The number of alkyl halides is 1. The molecule has 0 rings (SSSR count). The zero-order valence-corrected chi connectivity index (χ0v) is 7.24. The van der Waals surface area contributed by atoms with Crippen LogP contribution in [0, 0.1) is 0 Å². The van der Waals surface area contributed by atoms with E-state index in [0.717, 1.165) is 0 Å². The average Bonchev–Trinajstić information content (AvgIpc) is 1.84. The fourth-order valence-electron chi connectivity index (χ4n) is 0.474. The number of hydrogen-bond acceptors (Lipinski definition) is 3. The number of hydrogen-bond donors (Lipinski definition) is 3. The molecule has 0 aromatic heterocycles. The first kappa shape index (κ1) is 10.4. The van der Waals surface area contributed by atoms with Crippen molar-refractivity contribution >= 4 is 27.8 Å². The smallest absolute Gasteiger partial charge is 0.321 e. The van der Waals surface area contributed by atoms with Crippen LogP contribution in [-0.4, -0.2) is 27.9 Å². The number of halogens is 1. The Morgan fingerprint density at radius 1 is 1.55 bits per heavy atom. The summed E-state index contributed by atoms with van der Waals surface area (Å²) in [4.78, 5) is 19.9. The van der Waals surface area contributed by atoms with Gasteiger partial charge in [-0.2, -0.15) is 0 Å². The Hall–Kier alpha value is -0.620. The van der Waals surface area contributed by atoms with E-state index in [1.54, 1.807) is 0 Å². The lowest BCUT2D eigenvalue weighted by atomic mass is 10.1. The van der Waals surface area contributed by atoms with Gasteiger partial charge in [-0.05, 0) is 0 Å². The molecule has 0 aliphatic heterocycles. The van der Waals surface area contributed by atoms with Gasteiger partial charge in [-0.25, -0.2) is 0 Å². The van der Waals surface area contributed by atoms with Gasteiger partial charge in [-0.15, -0.1) is 0 Å². The second-order valence-corrected chi connectivity index (χ2v) is 3.23. The summed E-state index contributed by atoms with van der Waals surface area (Å²) < 4.78 is 0. The monoisotopic (exact) mass is 224 g/mol. The lowest BCUT2D eigenvalue weighted by Gasteiger charge is -2.11. The molecule has 0 fully saturated rings. The summed E-state index contributed by atoms with van der Waals surface area (Å²) in [7, 11) is 0. The molecule has 11 heavy (non-hydrogen) atoms. The quantitative estimate of drug-likeness (QED) is 0.535. The minimum Gasteiger partial charge on any atom is -0.480 e. The molecule has 0 aliphatic carbocycles. The van der Waals surface area contributed by atoms with Crippen LogP contribution in [0.5, 0.6) is 0 Å². The Labute approximate surface area is 71.9 Å². The molecule has 0 heterocycles. The molecule has 5 nitrogen and oxygen atoms in total. The molecule has 0 saturated carbocycles. The molecule has 1 amide bonds. The van der Waals surface area contributed by atoms with E-state index in [2.05, 4.69) is 15.9 Å². The van der Waals surface area contributed by atoms with Gasteiger partial charge >= 0.3 is 5.97 Å². The van der Waals surface area contributed by atoms with Crippen molar-refractivity contribution in [2.75, 3.05) is 0 Å². The van der Waals surface area contributed by atoms with Crippen LogP contribution in [0.2, 0.25) is 0 Å². The first-order valence-corrected chi connectivity index (χ1v) is 3.77. The first-order valence-electron chi connectivity index (χ1n) is 2.86. The number of carboxylic acids is 1. The van der Waals surface area contributed by atoms with Crippen LogP contribution < -0.4 is 11.5 Å². The maximum absolute atomic E-state index is 10.3. The number of carbonyl (C=O) groups excluding carboxylic acids is 1. The molecular formula is C5H9BrN2O3. The lowest BCUT2D eigenvalue weighted by Crippen LogP contribution is -2.40. The van der Waals surface area contributed by atoms with Gasteiger partial charge in [0.2, 0.25) is 5.91 Å². The number of carboxylic acid groups (broad SMARTS) is 1. The van der Waals surface area contributed by atoms with E-state index in [1.807, 2.05) is 0 Å². The molecule has 0 saturated heterocycles. The molecule has 5 N–H and O–H groups in total. The van der Waals surface area contributed by atoms with Crippen LogP contribution in [-0.2, 0) is 9.59 Å². The fourth-order valence-corrected chi connectivity index (χ4v) is 1.02. The lowest BCUT2D eigenvalue weighted by molar-refractivity contribution is -0.138. The molecule has 2 atom stereocenters. The Balaban J connectivity index is 3.92. The number of aliphatic carboxylic acids is 1. The zero-order chi connectivity index (χ0) is 9.02. The standard InChI is InChI=1S/C5H9BrN2O3/c6-2(1-3(7)9)4(8)5(10)11/h2,4H,1,8H2,(H2,7,9)(H,10,11). The zero-order valence-electron chi connectivity index (χ0n) is 5.66. The number of carbonyl (C=O) groups is 2. The molecular weight excluding hydrogens is 216 g/mol. The predicted molar refractivity (Wildman–Crippen MR) is 42.1 cm³/mol. The second kappa shape index (κ2) is 4.30. The normalized spacial score (nSPS) is 15.5. The highest BCUT2D eigenvalue weighted by atomic mass is 79.9. The van der Waals surface area contributed by atoms with Crippen molar-refractivity contribution in [3.05, 3.63) is 0 Å². The van der Waals surface area contributed by atoms with E-state index in [4.69, 9.17) is 16.6 Å².